The lowest BCUT2D eigenvalue weighted by molar-refractivity contribution is 0.687. The van der Waals surface area contributed by atoms with Gasteiger partial charge in [0.15, 0.2) is 0 Å². The Kier molecular flexibility index (Phi) is 3.89. The molecule has 0 unspecified atom stereocenters. The number of benzene rings is 2. The van der Waals surface area contributed by atoms with Crippen LogP contribution < -0.4 is 10.9 Å². The molecule has 2 heterocycles. The van der Waals surface area contributed by atoms with E-state index in [4.69, 9.17) is 0 Å². The van der Waals surface area contributed by atoms with E-state index in [1.54, 1.807) is 0 Å². The lowest BCUT2D eigenvalue weighted by atomic mass is 10.1. The van der Waals surface area contributed by atoms with E-state index in [-0.39, 0.29) is 5.56 Å². The Morgan fingerprint density at radius 3 is 2.67 bits per heavy atom. The second-order valence-electron chi connectivity index (χ2n) is 5.98. The number of nitrogens with zero attached hydrogens (tertiary/aromatic N) is 1. The third-order valence-electron chi connectivity index (χ3n) is 4.31. The largest absolute Gasteiger partial charge is 0.319 e. The van der Waals surface area contributed by atoms with E-state index in [2.05, 4.69) is 46.7 Å². The number of H-pyrrole nitrogens is 1. The van der Waals surface area contributed by atoms with Crippen LogP contribution in [0.4, 0.5) is 0 Å². The smallest absolute Gasteiger partial charge is 0.272 e. The second kappa shape index (κ2) is 6.34. The van der Waals surface area contributed by atoms with Gasteiger partial charge in [0.05, 0.1) is 11.0 Å². The van der Waals surface area contributed by atoms with Crippen molar-refractivity contribution >= 4 is 16.6 Å². The van der Waals surface area contributed by atoms with Crippen LogP contribution in [0, 0.1) is 0 Å². The van der Waals surface area contributed by atoms with Gasteiger partial charge in [-0.15, -0.1) is 0 Å². The number of fused-ring (bicyclic) bond motifs is 3. The summed E-state index contributed by atoms with van der Waals surface area (Å²) in [6.07, 6.45) is 2.95. The van der Waals surface area contributed by atoms with Gasteiger partial charge in [-0.1, -0.05) is 36.4 Å². The Morgan fingerprint density at radius 1 is 0.917 bits per heavy atom. The lowest BCUT2D eigenvalue weighted by Gasteiger charge is -2.08. The van der Waals surface area contributed by atoms with Gasteiger partial charge in [0.2, 0.25) is 0 Å². The van der Waals surface area contributed by atoms with Crippen molar-refractivity contribution in [1.29, 1.82) is 0 Å². The fourth-order valence-corrected chi connectivity index (χ4v) is 3.06. The highest BCUT2D eigenvalue weighted by Gasteiger charge is 2.05. The maximum Gasteiger partial charge on any atom is 0.272 e. The average molecular weight is 317 g/mol. The predicted molar refractivity (Wildman–Crippen MR) is 97.4 cm³/mol. The molecule has 120 valence electrons. The van der Waals surface area contributed by atoms with Gasteiger partial charge in [0.1, 0.15) is 5.52 Å². The monoisotopic (exact) mass is 317 g/mol. The van der Waals surface area contributed by atoms with Crippen molar-refractivity contribution in [1.82, 2.24) is 14.7 Å². The van der Waals surface area contributed by atoms with Gasteiger partial charge in [-0.25, -0.2) is 0 Å². The summed E-state index contributed by atoms with van der Waals surface area (Å²) in [6.45, 7) is 1.75. The molecule has 0 saturated carbocycles. The van der Waals surface area contributed by atoms with E-state index in [1.165, 1.54) is 11.1 Å². The van der Waals surface area contributed by atoms with Crippen molar-refractivity contribution in [3.8, 4) is 0 Å². The fraction of sp³-hybridized carbons (Fsp3) is 0.150. The third kappa shape index (κ3) is 2.84. The molecule has 24 heavy (non-hydrogen) atoms. The van der Waals surface area contributed by atoms with Gasteiger partial charge in [0.25, 0.3) is 5.56 Å². The van der Waals surface area contributed by atoms with Gasteiger partial charge in [-0.05, 0) is 48.4 Å². The van der Waals surface area contributed by atoms with Crippen LogP contribution in [0.3, 0.4) is 0 Å². The maximum absolute atomic E-state index is 12.0. The van der Waals surface area contributed by atoms with Gasteiger partial charge in [-0.2, -0.15) is 0 Å². The zero-order chi connectivity index (χ0) is 16.4. The first-order valence-corrected chi connectivity index (χ1v) is 8.18. The molecule has 0 radical (unpaired) electrons. The summed E-state index contributed by atoms with van der Waals surface area (Å²) in [7, 11) is 0. The first-order chi connectivity index (χ1) is 11.8. The minimum Gasteiger partial charge on any atom is -0.319 e. The Morgan fingerprint density at radius 2 is 1.79 bits per heavy atom. The second-order valence-corrected chi connectivity index (χ2v) is 5.98. The summed E-state index contributed by atoms with van der Waals surface area (Å²) in [6, 6.07) is 20.4. The molecule has 0 saturated heterocycles. The molecular weight excluding hydrogens is 298 g/mol. The molecule has 4 aromatic rings. The number of hydrogen-bond donors (Lipinski definition) is 2. The van der Waals surface area contributed by atoms with Gasteiger partial charge >= 0.3 is 0 Å². The molecule has 2 aromatic heterocycles. The van der Waals surface area contributed by atoms with Crippen LogP contribution in [0.1, 0.15) is 11.1 Å². The number of hydrogen-bond acceptors (Lipinski definition) is 2. The highest BCUT2D eigenvalue weighted by atomic mass is 16.1. The number of nitrogens with one attached hydrogen (secondary N) is 2. The van der Waals surface area contributed by atoms with E-state index in [1.807, 2.05) is 34.9 Å². The van der Waals surface area contributed by atoms with Crippen molar-refractivity contribution in [2.24, 2.45) is 0 Å². The Bertz CT molecular complexity index is 1030. The summed E-state index contributed by atoms with van der Waals surface area (Å²) >= 11 is 0. The van der Waals surface area contributed by atoms with Crippen molar-refractivity contribution in [3.63, 3.8) is 0 Å². The third-order valence-corrected chi connectivity index (χ3v) is 4.31. The first kappa shape index (κ1) is 14.7. The normalized spacial score (nSPS) is 11.3. The molecular formula is C20H19N3O. The van der Waals surface area contributed by atoms with Crippen LogP contribution in [0.5, 0.6) is 0 Å². The molecule has 0 aliphatic heterocycles. The van der Waals surface area contributed by atoms with Crippen LogP contribution in [0.25, 0.3) is 16.6 Å². The van der Waals surface area contributed by atoms with Crippen LogP contribution in [0.15, 0.2) is 71.7 Å². The maximum atomic E-state index is 12.0. The van der Waals surface area contributed by atoms with E-state index in [0.717, 1.165) is 30.5 Å². The zero-order valence-corrected chi connectivity index (χ0v) is 13.3. The standard InChI is InChI=1S/C20H19N3O/c24-20-18-7-4-12-23(18)19-13-16(8-9-17(19)22-20)14-21-11-10-15-5-2-1-3-6-15/h1-9,12-13,21H,10-11,14H2,(H,22,24). The molecule has 0 aliphatic carbocycles. The summed E-state index contributed by atoms with van der Waals surface area (Å²) in [5.41, 5.74) is 5.05. The average Bonchev–Trinajstić information content (AvgIpc) is 3.11. The van der Waals surface area contributed by atoms with Gasteiger partial charge in [0, 0.05) is 12.7 Å². The van der Waals surface area contributed by atoms with E-state index >= 15 is 0 Å². The van der Waals surface area contributed by atoms with Gasteiger partial charge < -0.3 is 14.7 Å². The lowest BCUT2D eigenvalue weighted by Crippen LogP contribution is -2.17. The van der Waals surface area contributed by atoms with Crippen LogP contribution in [-0.4, -0.2) is 15.9 Å². The SMILES string of the molecule is O=c1[nH]c2ccc(CNCCc3ccccc3)cc2n2cccc12. The molecule has 2 N–H and O–H groups in total. The molecule has 2 aromatic carbocycles. The molecule has 0 spiro atoms. The van der Waals surface area contributed by atoms with Gasteiger partial charge in [-0.3, -0.25) is 4.79 Å². The van der Waals surface area contributed by atoms with E-state index < -0.39 is 0 Å². The zero-order valence-electron chi connectivity index (χ0n) is 13.3. The predicted octanol–water partition coefficient (Wildman–Crippen LogP) is 3.11. The molecule has 0 aliphatic rings. The summed E-state index contributed by atoms with van der Waals surface area (Å²) in [5.74, 6) is 0. The molecule has 0 amide bonds. The number of aromatic nitrogens is 2. The van der Waals surface area contributed by atoms with Crippen LogP contribution in [-0.2, 0) is 13.0 Å². The Labute approximate surface area is 139 Å². The summed E-state index contributed by atoms with van der Waals surface area (Å²) < 4.78 is 1.95. The highest BCUT2D eigenvalue weighted by molar-refractivity contribution is 5.78. The Hall–Kier alpha value is -2.85. The van der Waals surface area contributed by atoms with Crippen molar-refractivity contribution in [2.45, 2.75) is 13.0 Å². The van der Waals surface area contributed by atoms with Crippen LogP contribution in [0.2, 0.25) is 0 Å². The van der Waals surface area contributed by atoms with E-state index in [0.29, 0.717) is 5.52 Å². The minimum absolute atomic E-state index is 0.0544. The minimum atomic E-state index is -0.0544. The van der Waals surface area contributed by atoms with Crippen LogP contribution >= 0.6 is 0 Å². The first-order valence-electron chi connectivity index (χ1n) is 8.18. The topological polar surface area (TPSA) is 49.3 Å². The highest BCUT2D eigenvalue weighted by Crippen LogP contribution is 2.15. The number of aromatic amines is 1. The molecule has 0 atom stereocenters. The van der Waals surface area contributed by atoms with Crippen molar-refractivity contribution in [2.75, 3.05) is 6.54 Å². The molecule has 0 bridgehead atoms. The van der Waals surface area contributed by atoms with Crippen molar-refractivity contribution in [3.05, 3.63) is 88.3 Å². The number of rotatable bonds is 5. The van der Waals surface area contributed by atoms with Crippen molar-refractivity contribution < 1.29 is 0 Å². The van der Waals surface area contributed by atoms with E-state index in [9.17, 15) is 4.79 Å². The summed E-state index contributed by atoms with van der Waals surface area (Å²) in [4.78, 5) is 14.9. The Balaban J connectivity index is 1.50. The quantitative estimate of drug-likeness (QED) is 0.556. The summed E-state index contributed by atoms with van der Waals surface area (Å²) in [5, 5.41) is 3.49. The molecule has 0 fully saturated rings. The molecule has 4 nitrogen and oxygen atoms in total. The fourth-order valence-electron chi connectivity index (χ4n) is 3.06. The molecule has 4 rings (SSSR count). The molecule has 4 heteroatoms.